The summed E-state index contributed by atoms with van der Waals surface area (Å²) in [5.74, 6) is 0.880. The fourth-order valence-corrected chi connectivity index (χ4v) is 2.45. The molecular formula is C11H22N2O. The molecule has 2 N–H and O–H groups in total. The first-order chi connectivity index (χ1) is 6.81. The van der Waals surface area contributed by atoms with E-state index in [9.17, 15) is 0 Å². The maximum absolute atomic E-state index is 5.86. The van der Waals surface area contributed by atoms with Crippen LogP contribution in [0.15, 0.2) is 0 Å². The monoisotopic (exact) mass is 198 g/mol. The number of nitrogens with two attached hydrogens (primary N) is 1. The molecule has 3 nitrogen and oxygen atoms in total. The number of hydrogen-bond acceptors (Lipinski definition) is 3. The lowest BCUT2D eigenvalue weighted by Gasteiger charge is -2.30. The third-order valence-electron chi connectivity index (χ3n) is 3.36. The van der Waals surface area contributed by atoms with Crippen LogP contribution in [0.5, 0.6) is 0 Å². The molecule has 2 unspecified atom stereocenters. The molecule has 1 aliphatic carbocycles. The zero-order chi connectivity index (χ0) is 9.97. The summed E-state index contributed by atoms with van der Waals surface area (Å²) < 4.78 is 5.65. The van der Waals surface area contributed by atoms with Crippen molar-refractivity contribution in [3.63, 3.8) is 0 Å². The van der Waals surface area contributed by atoms with Gasteiger partial charge < -0.3 is 10.5 Å². The first-order valence-corrected chi connectivity index (χ1v) is 5.87. The molecule has 2 atom stereocenters. The van der Waals surface area contributed by atoms with Crippen molar-refractivity contribution in [2.24, 2.45) is 11.7 Å². The SMILES string of the molecule is CC1CN(C(CN)C2CC2)CCCO1. The summed E-state index contributed by atoms with van der Waals surface area (Å²) in [6.07, 6.45) is 4.31. The summed E-state index contributed by atoms with van der Waals surface area (Å²) in [6, 6.07) is 0.624. The van der Waals surface area contributed by atoms with E-state index in [1.807, 2.05) is 0 Å². The fraction of sp³-hybridized carbons (Fsp3) is 1.00. The van der Waals surface area contributed by atoms with Gasteiger partial charge in [0.1, 0.15) is 0 Å². The van der Waals surface area contributed by atoms with Gasteiger partial charge in [-0.05, 0) is 32.1 Å². The highest BCUT2D eigenvalue weighted by atomic mass is 16.5. The predicted molar refractivity (Wildman–Crippen MR) is 57.2 cm³/mol. The molecule has 0 amide bonds. The molecule has 1 saturated carbocycles. The Kier molecular flexibility index (Phi) is 3.42. The zero-order valence-corrected chi connectivity index (χ0v) is 9.11. The van der Waals surface area contributed by atoms with E-state index in [1.165, 1.54) is 19.4 Å². The largest absolute Gasteiger partial charge is 0.377 e. The average Bonchev–Trinajstić information content (AvgIpc) is 2.96. The Balaban J connectivity index is 1.91. The van der Waals surface area contributed by atoms with E-state index >= 15 is 0 Å². The van der Waals surface area contributed by atoms with E-state index in [1.54, 1.807) is 0 Å². The lowest BCUT2D eigenvalue weighted by Crippen LogP contribution is -2.44. The van der Waals surface area contributed by atoms with Crippen LogP contribution >= 0.6 is 0 Å². The summed E-state index contributed by atoms with van der Waals surface area (Å²) in [4.78, 5) is 2.55. The third-order valence-corrected chi connectivity index (χ3v) is 3.36. The van der Waals surface area contributed by atoms with Gasteiger partial charge in [0.25, 0.3) is 0 Å². The highest BCUT2D eigenvalue weighted by Crippen LogP contribution is 2.35. The third kappa shape index (κ3) is 2.47. The second kappa shape index (κ2) is 4.60. The molecule has 1 aliphatic heterocycles. The van der Waals surface area contributed by atoms with Gasteiger partial charge in [0.15, 0.2) is 0 Å². The minimum atomic E-state index is 0.380. The van der Waals surface area contributed by atoms with Crippen LogP contribution in [0.2, 0.25) is 0 Å². The highest BCUT2D eigenvalue weighted by molar-refractivity contribution is 4.89. The summed E-state index contributed by atoms with van der Waals surface area (Å²) in [5, 5.41) is 0. The average molecular weight is 198 g/mol. The number of ether oxygens (including phenoxy) is 1. The van der Waals surface area contributed by atoms with Gasteiger partial charge in [0.05, 0.1) is 6.10 Å². The van der Waals surface area contributed by atoms with Crippen molar-refractivity contribution in [1.29, 1.82) is 0 Å². The molecule has 0 aromatic carbocycles. The molecular weight excluding hydrogens is 176 g/mol. The van der Waals surface area contributed by atoms with Crippen LogP contribution in [-0.4, -0.2) is 43.3 Å². The molecule has 0 radical (unpaired) electrons. The Labute approximate surface area is 86.6 Å². The molecule has 2 aliphatic rings. The van der Waals surface area contributed by atoms with Crippen molar-refractivity contribution in [2.75, 3.05) is 26.2 Å². The molecule has 2 fully saturated rings. The van der Waals surface area contributed by atoms with Crippen molar-refractivity contribution in [2.45, 2.75) is 38.3 Å². The van der Waals surface area contributed by atoms with Crippen LogP contribution in [-0.2, 0) is 4.74 Å². The first kappa shape index (κ1) is 10.4. The van der Waals surface area contributed by atoms with E-state index < -0.39 is 0 Å². The Morgan fingerprint density at radius 1 is 1.50 bits per heavy atom. The molecule has 1 heterocycles. The van der Waals surface area contributed by atoms with Crippen molar-refractivity contribution < 1.29 is 4.74 Å². The summed E-state index contributed by atoms with van der Waals surface area (Å²) >= 11 is 0. The number of hydrogen-bond donors (Lipinski definition) is 1. The van der Waals surface area contributed by atoms with Crippen molar-refractivity contribution in [1.82, 2.24) is 4.90 Å². The van der Waals surface area contributed by atoms with Gasteiger partial charge in [0, 0.05) is 32.3 Å². The van der Waals surface area contributed by atoms with Crippen molar-refractivity contribution in [3.8, 4) is 0 Å². The number of rotatable bonds is 3. The van der Waals surface area contributed by atoms with Gasteiger partial charge in [-0.3, -0.25) is 4.90 Å². The van der Waals surface area contributed by atoms with E-state index in [4.69, 9.17) is 10.5 Å². The zero-order valence-electron chi connectivity index (χ0n) is 9.11. The first-order valence-electron chi connectivity index (χ1n) is 5.87. The maximum atomic E-state index is 5.86. The summed E-state index contributed by atoms with van der Waals surface area (Å²) in [7, 11) is 0. The lowest BCUT2D eigenvalue weighted by atomic mass is 10.1. The highest BCUT2D eigenvalue weighted by Gasteiger charge is 2.35. The molecule has 0 aromatic heterocycles. The summed E-state index contributed by atoms with van der Waals surface area (Å²) in [5.41, 5.74) is 5.86. The van der Waals surface area contributed by atoms with Gasteiger partial charge in [-0.25, -0.2) is 0 Å². The van der Waals surface area contributed by atoms with Crippen LogP contribution in [0.1, 0.15) is 26.2 Å². The Bertz CT molecular complexity index is 182. The van der Waals surface area contributed by atoms with Crippen LogP contribution < -0.4 is 5.73 Å². The van der Waals surface area contributed by atoms with Gasteiger partial charge in [-0.2, -0.15) is 0 Å². The standard InChI is InChI=1S/C11H22N2O/c1-9-8-13(5-2-6-14-9)11(7-12)10-3-4-10/h9-11H,2-8,12H2,1H3. The predicted octanol–water partition coefficient (Wildman–Crippen LogP) is 0.834. The van der Waals surface area contributed by atoms with Gasteiger partial charge in [-0.15, -0.1) is 0 Å². The summed E-state index contributed by atoms with van der Waals surface area (Å²) in [6.45, 7) is 6.14. The quantitative estimate of drug-likeness (QED) is 0.730. The molecule has 3 heteroatoms. The molecule has 1 saturated heterocycles. The molecule has 14 heavy (non-hydrogen) atoms. The molecule has 2 rings (SSSR count). The van der Waals surface area contributed by atoms with Gasteiger partial charge >= 0.3 is 0 Å². The Morgan fingerprint density at radius 2 is 2.29 bits per heavy atom. The van der Waals surface area contributed by atoms with Crippen molar-refractivity contribution in [3.05, 3.63) is 0 Å². The molecule has 0 bridgehead atoms. The van der Waals surface area contributed by atoms with Crippen LogP contribution in [0.3, 0.4) is 0 Å². The van der Waals surface area contributed by atoms with E-state index in [-0.39, 0.29) is 0 Å². The second-order valence-electron chi connectivity index (χ2n) is 4.67. The van der Waals surface area contributed by atoms with E-state index in [0.29, 0.717) is 12.1 Å². The van der Waals surface area contributed by atoms with E-state index in [2.05, 4.69) is 11.8 Å². The minimum absolute atomic E-state index is 0.380. The minimum Gasteiger partial charge on any atom is -0.377 e. The molecule has 0 aromatic rings. The molecule has 82 valence electrons. The fourth-order valence-electron chi connectivity index (χ4n) is 2.45. The molecule has 0 spiro atoms. The Morgan fingerprint density at radius 3 is 2.93 bits per heavy atom. The smallest absolute Gasteiger partial charge is 0.0674 e. The number of nitrogens with zero attached hydrogens (tertiary/aromatic N) is 1. The topological polar surface area (TPSA) is 38.5 Å². The maximum Gasteiger partial charge on any atom is 0.0674 e. The van der Waals surface area contributed by atoms with Crippen LogP contribution in [0.25, 0.3) is 0 Å². The van der Waals surface area contributed by atoms with Gasteiger partial charge in [-0.1, -0.05) is 0 Å². The van der Waals surface area contributed by atoms with Crippen LogP contribution in [0, 0.1) is 5.92 Å². The van der Waals surface area contributed by atoms with Gasteiger partial charge in [0.2, 0.25) is 0 Å². The lowest BCUT2D eigenvalue weighted by molar-refractivity contribution is 0.0592. The second-order valence-corrected chi connectivity index (χ2v) is 4.67. The van der Waals surface area contributed by atoms with Crippen molar-refractivity contribution >= 4 is 0 Å². The van der Waals surface area contributed by atoms with Crippen LogP contribution in [0.4, 0.5) is 0 Å². The Hall–Kier alpha value is -0.120. The van der Waals surface area contributed by atoms with E-state index in [0.717, 1.165) is 32.0 Å². The normalized spacial score (nSPS) is 32.6.